The smallest absolute Gasteiger partial charge is 0.225 e. The Morgan fingerprint density at radius 3 is 2.50 bits per heavy atom. The Morgan fingerprint density at radius 2 is 1.81 bits per heavy atom. The third-order valence-corrected chi connectivity index (χ3v) is 5.49. The summed E-state index contributed by atoms with van der Waals surface area (Å²) in [5.74, 6) is -0.198. The number of epoxide rings is 1. The molecule has 0 saturated carbocycles. The van der Waals surface area contributed by atoms with E-state index in [1.807, 2.05) is 42.5 Å². The molecule has 2 fully saturated rings. The lowest BCUT2D eigenvalue weighted by atomic mass is 9.93. The molecule has 4 rings (SSSR count). The molecule has 2 aromatic carbocycles. The average Bonchev–Trinajstić information content (AvgIpc) is 3.38. The van der Waals surface area contributed by atoms with Crippen molar-refractivity contribution in [1.29, 1.82) is 0 Å². The van der Waals surface area contributed by atoms with Gasteiger partial charge in [0.2, 0.25) is 5.79 Å². The minimum absolute atomic E-state index is 0.524. The summed E-state index contributed by atoms with van der Waals surface area (Å²) in [5.41, 5.74) is 2.84. The van der Waals surface area contributed by atoms with Gasteiger partial charge in [0.25, 0.3) is 0 Å². The second kappa shape index (κ2) is 6.51. The number of halogens is 1. The monoisotopic (exact) mass is 376 g/mol. The third-order valence-electron chi connectivity index (χ3n) is 5.12. The minimum atomic E-state index is -1.00. The Bertz CT molecular complexity index is 808. The zero-order valence-electron chi connectivity index (χ0n) is 14.6. The van der Waals surface area contributed by atoms with Crippen LogP contribution < -0.4 is 4.74 Å². The van der Waals surface area contributed by atoms with Crippen molar-refractivity contribution in [3.05, 3.63) is 64.2 Å². The number of benzene rings is 2. The van der Waals surface area contributed by atoms with Crippen molar-refractivity contribution in [2.24, 2.45) is 0 Å². The Balaban J connectivity index is 1.61. The van der Waals surface area contributed by atoms with Crippen LogP contribution in [0.25, 0.3) is 0 Å². The first-order valence-corrected chi connectivity index (χ1v) is 8.96. The van der Waals surface area contributed by atoms with Crippen molar-refractivity contribution in [2.75, 3.05) is 7.11 Å². The summed E-state index contributed by atoms with van der Waals surface area (Å²) in [7, 11) is 1.64. The molecular formula is C20H21ClO5. The van der Waals surface area contributed by atoms with Gasteiger partial charge in [0.1, 0.15) is 24.1 Å². The third kappa shape index (κ3) is 2.90. The van der Waals surface area contributed by atoms with Crippen LogP contribution in [0.5, 0.6) is 5.75 Å². The molecule has 2 aliphatic heterocycles. The predicted octanol–water partition coefficient (Wildman–Crippen LogP) is 2.63. The highest BCUT2D eigenvalue weighted by atomic mass is 35.5. The zero-order chi connectivity index (χ0) is 18.5. The predicted molar refractivity (Wildman–Crippen MR) is 96.4 cm³/mol. The largest absolute Gasteiger partial charge is 0.497 e. The van der Waals surface area contributed by atoms with Crippen LogP contribution in [0.4, 0.5) is 0 Å². The maximum Gasteiger partial charge on any atom is 0.225 e. The molecule has 2 heterocycles. The quantitative estimate of drug-likeness (QED) is 0.803. The van der Waals surface area contributed by atoms with E-state index < -0.39 is 30.2 Å². The van der Waals surface area contributed by atoms with E-state index in [4.69, 9.17) is 25.8 Å². The van der Waals surface area contributed by atoms with Gasteiger partial charge >= 0.3 is 0 Å². The molecular weight excluding hydrogens is 356 g/mol. The summed E-state index contributed by atoms with van der Waals surface area (Å²) < 4.78 is 16.8. The molecule has 5 nitrogen and oxygen atoms in total. The average molecular weight is 377 g/mol. The Kier molecular flexibility index (Phi) is 4.45. The lowest BCUT2D eigenvalue weighted by Crippen LogP contribution is -2.49. The van der Waals surface area contributed by atoms with Gasteiger partial charge in [0.05, 0.1) is 13.2 Å². The number of ether oxygens (including phenoxy) is 3. The second-order valence-electron chi connectivity index (χ2n) is 6.84. The van der Waals surface area contributed by atoms with Crippen molar-refractivity contribution >= 4 is 11.6 Å². The molecule has 138 valence electrons. The van der Waals surface area contributed by atoms with Gasteiger partial charge < -0.3 is 24.4 Å². The van der Waals surface area contributed by atoms with Crippen molar-refractivity contribution in [3.8, 4) is 5.75 Å². The maximum absolute atomic E-state index is 10.2. The minimum Gasteiger partial charge on any atom is -0.497 e. The van der Waals surface area contributed by atoms with Crippen LogP contribution in [0.3, 0.4) is 0 Å². The topological polar surface area (TPSA) is 71.5 Å². The molecule has 2 aromatic rings. The van der Waals surface area contributed by atoms with E-state index in [9.17, 15) is 10.2 Å². The number of aliphatic hydroxyl groups is 2. The van der Waals surface area contributed by atoms with Gasteiger partial charge in [-0.2, -0.15) is 0 Å². The van der Waals surface area contributed by atoms with Gasteiger partial charge in [-0.3, -0.25) is 0 Å². The number of rotatable bonds is 4. The molecule has 26 heavy (non-hydrogen) atoms. The number of fused-ring (bicyclic) bond motifs is 1. The van der Waals surface area contributed by atoms with Crippen molar-refractivity contribution in [1.82, 2.24) is 0 Å². The van der Waals surface area contributed by atoms with Gasteiger partial charge in [-0.1, -0.05) is 29.8 Å². The molecule has 6 heteroatoms. The molecule has 0 bridgehead atoms. The molecule has 2 aliphatic rings. The van der Waals surface area contributed by atoms with Crippen LogP contribution in [-0.2, 0) is 21.7 Å². The molecule has 2 N–H and O–H groups in total. The van der Waals surface area contributed by atoms with E-state index in [1.165, 1.54) is 0 Å². The molecule has 5 atom stereocenters. The van der Waals surface area contributed by atoms with Crippen LogP contribution in [-0.4, -0.2) is 41.7 Å². The Labute approximate surface area is 157 Å². The van der Waals surface area contributed by atoms with E-state index in [2.05, 4.69) is 0 Å². The summed E-state index contributed by atoms with van der Waals surface area (Å²) in [6.45, 7) is 1.72. The zero-order valence-corrected chi connectivity index (χ0v) is 15.3. The van der Waals surface area contributed by atoms with Crippen molar-refractivity contribution < 1.29 is 24.4 Å². The van der Waals surface area contributed by atoms with Crippen LogP contribution in [0.2, 0.25) is 5.02 Å². The summed E-state index contributed by atoms with van der Waals surface area (Å²) in [6.07, 6.45) is -2.37. The van der Waals surface area contributed by atoms with Crippen molar-refractivity contribution in [3.63, 3.8) is 0 Å². The first-order valence-electron chi connectivity index (χ1n) is 8.58. The van der Waals surface area contributed by atoms with Gasteiger partial charge in [-0.25, -0.2) is 0 Å². The van der Waals surface area contributed by atoms with Gasteiger partial charge in [0.15, 0.2) is 0 Å². The number of hydrogen-bond acceptors (Lipinski definition) is 5. The fraction of sp³-hybridized carbons (Fsp3) is 0.400. The summed E-state index contributed by atoms with van der Waals surface area (Å²) in [5, 5.41) is 20.8. The summed E-state index contributed by atoms with van der Waals surface area (Å²) >= 11 is 6.39. The number of aliphatic hydroxyl groups excluding tert-OH is 2. The number of methoxy groups -OCH3 is 1. The van der Waals surface area contributed by atoms with E-state index >= 15 is 0 Å². The highest BCUT2D eigenvalue weighted by molar-refractivity contribution is 6.31. The van der Waals surface area contributed by atoms with E-state index in [1.54, 1.807) is 14.0 Å². The fourth-order valence-corrected chi connectivity index (χ4v) is 3.72. The molecule has 2 saturated heterocycles. The van der Waals surface area contributed by atoms with Crippen LogP contribution in [0, 0.1) is 0 Å². The van der Waals surface area contributed by atoms with E-state index in [-0.39, 0.29) is 0 Å². The van der Waals surface area contributed by atoms with Crippen LogP contribution >= 0.6 is 11.6 Å². The van der Waals surface area contributed by atoms with E-state index in [0.29, 0.717) is 11.4 Å². The molecule has 0 amide bonds. The lowest BCUT2D eigenvalue weighted by Gasteiger charge is -2.32. The normalized spacial score (nSPS) is 32.8. The summed E-state index contributed by atoms with van der Waals surface area (Å²) in [6, 6.07) is 13.4. The fourth-order valence-electron chi connectivity index (χ4n) is 3.54. The molecule has 5 unspecified atom stereocenters. The number of hydrogen-bond donors (Lipinski definition) is 2. The molecule has 0 aliphatic carbocycles. The highest BCUT2D eigenvalue weighted by Crippen LogP contribution is 2.54. The molecule has 0 radical (unpaired) electrons. The van der Waals surface area contributed by atoms with Crippen molar-refractivity contribution in [2.45, 2.75) is 43.5 Å². The van der Waals surface area contributed by atoms with E-state index in [0.717, 1.165) is 22.4 Å². The summed E-state index contributed by atoms with van der Waals surface area (Å²) in [4.78, 5) is 0. The lowest BCUT2D eigenvalue weighted by molar-refractivity contribution is -0.169. The SMILES string of the molecule is COc1ccc(Cc2cc(C34OC(C)C(O)C(O)C3O4)ccc2Cl)cc1. The van der Waals surface area contributed by atoms with Crippen LogP contribution in [0.1, 0.15) is 23.6 Å². The van der Waals surface area contributed by atoms with Crippen LogP contribution in [0.15, 0.2) is 42.5 Å². The maximum atomic E-state index is 10.2. The Morgan fingerprint density at radius 1 is 1.08 bits per heavy atom. The second-order valence-corrected chi connectivity index (χ2v) is 7.25. The molecule has 0 spiro atoms. The Hall–Kier alpha value is -1.63. The van der Waals surface area contributed by atoms with Gasteiger partial charge in [-0.15, -0.1) is 0 Å². The van der Waals surface area contributed by atoms with Gasteiger partial charge in [0, 0.05) is 10.6 Å². The highest BCUT2D eigenvalue weighted by Gasteiger charge is 2.68. The molecule has 0 aromatic heterocycles. The first-order chi connectivity index (χ1) is 12.4. The van der Waals surface area contributed by atoms with Gasteiger partial charge in [-0.05, 0) is 48.7 Å². The first kappa shape index (κ1) is 17.8. The standard InChI is InChI=1S/C20H21ClO5/c1-11-17(22)18(23)19-20(25-11,26-19)14-5-8-16(21)13(10-14)9-12-3-6-15(24-2)7-4-12/h3-8,10-11,17-19,22-23H,9H2,1-2H3.